The van der Waals surface area contributed by atoms with Crippen LogP contribution >= 0.6 is 23.2 Å². The minimum Gasteiger partial charge on any atom is -0.370 e. The summed E-state index contributed by atoms with van der Waals surface area (Å²) < 4.78 is 6.52. The fourth-order valence-electron chi connectivity index (χ4n) is 6.47. The van der Waals surface area contributed by atoms with Crippen LogP contribution in [0, 0.1) is 18.3 Å². The second kappa shape index (κ2) is 8.90. The van der Waals surface area contributed by atoms with Gasteiger partial charge in [-0.25, -0.2) is 10.4 Å². The van der Waals surface area contributed by atoms with E-state index in [1.807, 2.05) is 13.8 Å². The number of aromatic nitrogens is 2. The molecule has 6 nitrogen and oxygen atoms in total. The Balaban J connectivity index is 1.11. The number of hydrogen-bond donors (Lipinski definition) is 2. The van der Waals surface area contributed by atoms with E-state index in [0.717, 1.165) is 36.3 Å². The minimum absolute atomic E-state index is 0.160. The number of ether oxygens (including phenoxy) is 1. The highest BCUT2D eigenvalue weighted by Crippen LogP contribution is 2.49. The number of pyridine rings is 2. The van der Waals surface area contributed by atoms with Crippen LogP contribution in [-0.4, -0.2) is 35.2 Å². The highest BCUT2D eigenvalue weighted by Gasteiger charge is 2.48. The van der Waals surface area contributed by atoms with Gasteiger partial charge in [-0.15, -0.1) is 0 Å². The summed E-state index contributed by atoms with van der Waals surface area (Å²) in [5, 5.41) is 1.17. The van der Waals surface area contributed by atoms with Crippen molar-refractivity contribution in [1.82, 2.24) is 20.8 Å². The quantitative estimate of drug-likeness (QED) is 0.560. The van der Waals surface area contributed by atoms with Crippen LogP contribution in [0.1, 0.15) is 74.4 Å². The molecule has 2 aliphatic carbocycles. The number of anilines is 1. The molecule has 6 rings (SSSR count). The number of rotatable bonds is 5. The molecular formula is C26H33Cl2N5O. The summed E-state index contributed by atoms with van der Waals surface area (Å²) in [6.45, 7) is 6.28. The van der Waals surface area contributed by atoms with E-state index in [9.17, 15) is 0 Å². The average molecular weight is 502 g/mol. The van der Waals surface area contributed by atoms with Crippen LogP contribution in [0.4, 0.5) is 5.82 Å². The smallest absolute Gasteiger partial charge is 0.128 e. The van der Waals surface area contributed by atoms with E-state index < -0.39 is 0 Å². The molecule has 2 aromatic heterocycles. The first kappa shape index (κ1) is 23.0. The van der Waals surface area contributed by atoms with Gasteiger partial charge < -0.3 is 9.64 Å². The Hall–Kier alpha value is -1.44. The number of aryl methyl sites for hydroxylation is 1. The number of hydrazine groups is 1. The average Bonchev–Trinajstić information content (AvgIpc) is 3.18. The lowest BCUT2D eigenvalue weighted by Gasteiger charge is -2.56. The number of nitrogens with one attached hydrogen (secondary N) is 2. The van der Waals surface area contributed by atoms with Gasteiger partial charge in [-0.3, -0.25) is 10.4 Å². The van der Waals surface area contributed by atoms with Crippen LogP contribution in [0.2, 0.25) is 10.0 Å². The lowest BCUT2D eigenvalue weighted by atomic mass is 9.63. The molecular weight excluding hydrogens is 469 g/mol. The van der Waals surface area contributed by atoms with Crippen molar-refractivity contribution < 1.29 is 4.74 Å². The third-order valence-corrected chi connectivity index (χ3v) is 9.39. The van der Waals surface area contributed by atoms with Crippen molar-refractivity contribution in [3.05, 3.63) is 51.4 Å². The van der Waals surface area contributed by atoms with Crippen molar-refractivity contribution in [3.63, 3.8) is 0 Å². The molecule has 1 spiro atoms. The van der Waals surface area contributed by atoms with E-state index in [0.29, 0.717) is 27.4 Å². The molecule has 2 aromatic rings. The maximum atomic E-state index is 6.52. The maximum Gasteiger partial charge on any atom is 0.128 e. The predicted molar refractivity (Wildman–Crippen MR) is 135 cm³/mol. The third kappa shape index (κ3) is 4.01. The summed E-state index contributed by atoms with van der Waals surface area (Å²) in [7, 11) is 0. The highest BCUT2D eigenvalue weighted by atomic mass is 35.5. The molecule has 5 atom stereocenters. The standard InChI is InChI=1S/C26H33Cl2N5O/c1-15-24(28)23(20(27)12-29-15)16(2)34-18-5-6-21-19(10-18)25(32-31-21)17-4-7-22(30-11-17)33-13-26(14-33)8-3-9-26/h4,7,11-12,16,18-19,21,25,31-32H,3,5-6,8-10,13-14H2,1-2H3/t16-,18?,19?,21?,25?/m1/s1. The van der Waals surface area contributed by atoms with Gasteiger partial charge in [0.25, 0.3) is 0 Å². The molecule has 4 unspecified atom stereocenters. The molecule has 2 saturated carbocycles. The van der Waals surface area contributed by atoms with Gasteiger partial charge in [-0.2, -0.15) is 0 Å². The van der Waals surface area contributed by atoms with Crippen molar-refractivity contribution in [3.8, 4) is 0 Å². The summed E-state index contributed by atoms with van der Waals surface area (Å²) in [4.78, 5) is 11.5. The Morgan fingerprint density at radius 3 is 2.65 bits per heavy atom. The molecule has 4 fully saturated rings. The van der Waals surface area contributed by atoms with Crippen molar-refractivity contribution in [2.75, 3.05) is 18.0 Å². The van der Waals surface area contributed by atoms with Gasteiger partial charge in [0, 0.05) is 42.5 Å². The SMILES string of the molecule is Cc1ncc(Cl)c([C@@H](C)OC2CCC3NNC(c4ccc(N5CC6(CCC6)C5)nc4)C3C2)c1Cl. The van der Waals surface area contributed by atoms with Crippen LogP contribution in [-0.2, 0) is 4.74 Å². The monoisotopic (exact) mass is 501 g/mol. The molecule has 182 valence electrons. The van der Waals surface area contributed by atoms with Crippen LogP contribution < -0.4 is 15.8 Å². The van der Waals surface area contributed by atoms with E-state index in [-0.39, 0.29) is 18.2 Å². The molecule has 0 radical (unpaired) electrons. The third-order valence-electron chi connectivity index (χ3n) is 8.61. The summed E-state index contributed by atoms with van der Waals surface area (Å²) in [6, 6.07) is 5.13. The zero-order valence-corrected chi connectivity index (χ0v) is 21.4. The van der Waals surface area contributed by atoms with Gasteiger partial charge in [0.2, 0.25) is 0 Å². The fourth-order valence-corrected chi connectivity index (χ4v) is 7.12. The van der Waals surface area contributed by atoms with Crippen LogP contribution in [0.3, 0.4) is 0 Å². The lowest BCUT2D eigenvalue weighted by Crippen LogP contribution is -2.60. The van der Waals surface area contributed by atoms with Crippen molar-refractivity contribution in [1.29, 1.82) is 0 Å². The van der Waals surface area contributed by atoms with Crippen LogP contribution in [0.25, 0.3) is 0 Å². The van der Waals surface area contributed by atoms with Gasteiger partial charge in [0.15, 0.2) is 0 Å². The predicted octanol–water partition coefficient (Wildman–Crippen LogP) is 5.55. The van der Waals surface area contributed by atoms with Gasteiger partial charge in [0.1, 0.15) is 5.82 Å². The molecule has 8 heteroatoms. The first-order chi connectivity index (χ1) is 16.4. The highest BCUT2D eigenvalue weighted by molar-refractivity contribution is 6.36. The fraction of sp³-hybridized carbons (Fsp3) is 0.615. The summed E-state index contributed by atoms with van der Waals surface area (Å²) in [6.07, 6.45) is 11.0. The first-order valence-corrected chi connectivity index (χ1v) is 13.4. The van der Waals surface area contributed by atoms with Crippen molar-refractivity contribution in [2.24, 2.45) is 11.3 Å². The Bertz CT molecular complexity index is 1050. The zero-order chi connectivity index (χ0) is 23.4. The number of halogens is 2. The molecule has 0 bridgehead atoms. The topological polar surface area (TPSA) is 62.3 Å². The van der Waals surface area contributed by atoms with E-state index in [1.165, 1.54) is 37.9 Å². The number of nitrogens with zero attached hydrogens (tertiary/aromatic N) is 3. The second-order valence-electron chi connectivity index (χ2n) is 10.8. The zero-order valence-electron chi connectivity index (χ0n) is 19.9. The molecule has 34 heavy (non-hydrogen) atoms. The van der Waals surface area contributed by atoms with Gasteiger partial charge in [-0.05, 0) is 63.5 Å². The van der Waals surface area contributed by atoms with E-state index >= 15 is 0 Å². The largest absolute Gasteiger partial charge is 0.370 e. The molecule has 2 aliphatic heterocycles. The summed E-state index contributed by atoms with van der Waals surface area (Å²) >= 11 is 12.9. The molecule has 0 aromatic carbocycles. The minimum atomic E-state index is -0.180. The Labute approximate surface area is 211 Å². The van der Waals surface area contributed by atoms with E-state index in [4.69, 9.17) is 32.9 Å². The normalized spacial score (nSPS) is 30.5. The van der Waals surface area contributed by atoms with E-state index in [2.05, 4.69) is 39.1 Å². The van der Waals surface area contributed by atoms with Crippen molar-refractivity contribution >= 4 is 29.0 Å². The summed E-state index contributed by atoms with van der Waals surface area (Å²) in [5.74, 6) is 1.56. The first-order valence-electron chi connectivity index (χ1n) is 12.6. The second-order valence-corrected chi connectivity index (χ2v) is 11.6. The Morgan fingerprint density at radius 1 is 1.12 bits per heavy atom. The van der Waals surface area contributed by atoms with E-state index in [1.54, 1.807) is 6.20 Å². The molecule has 2 N–H and O–H groups in total. The van der Waals surface area contributed by atoms with Crippen molar-refractivity contribution in [2.45, 2.75) is 76.7 Å². The van der Waals surface area contributed by atoms with Crippen LogP contribution in [0.5, 0.6) is 0 Å². The molecule has 4 heterocycles. The molecule has 2 saturated heterocycles. The lowest BCUT2D eigenvalue weighted by molar-refractivity contribution is -0.0370. The summed E-state index contributed by atoms with van der Waals surface area (Å²) in [5.41, 5.74) is 10.5. The van der Waals surface area contributed by atoms with Crippen LogP contribution in [0.15, 0.2) is 24.5 Å². The number of fused-ring (bicyclic) bond motifs is 1. The molecule has 4 aliphatic rings. The molecule has 0 amide bonds. The van der Waals surface area contributed by atoms with Gasteiger partial charge in [-0.1, -0.05) is 35.7 Å². The number of hydrogen-bond acceptors (Lipinski definition) is 6. The Kier molecular flexibility index (Phi) is 6.01. The van der Waals surface area contributed by atoms with Gasteiger partial charge >= 0.3 is 0 Å². The maximum absolute atomic E-state index is 6.52. The van der Waals surface area contributed by atoms with Gasteiger partial charge in [0.05, 0.1) is 34.0 Å². The Morgan fingerprint density at radius 2 is 1.94 bits per heavy atom.